The zero-order valence-corrected chi connectivity index (χ0v) is 11.9. The van der Waals surface area contributed by atoms with E-state index in [0.29, 0.717) is 0 Å². The van der Waals surface area contributed by atoms with E-state index < -0.39 is 0 Å². The quantitative estimate of drug-likeness (QED) is 0.778. The highest BCUT2D eigenvalue weighted by atomic mass is 79.9. The van der Waals surface area contributed by atoms with Gasteiger partial charge in [0.15, 0.2) is 0 Å². The molecule has 1 unspecified atom stereocenters. The molecular weight excluding hydrogens is 296 g/mol. The van der Waals surface area contributed by atoms with Crippen molar-refractivity contribution >= 4 is 45.0 Å². The maximum atomic E-state index is 11.1. The lowest BCUT2D eigenvalue weighted by Crippen LogP contribution is -2.14. The second-order valence-corrected chi connectivity index (χ2v) is 6.02. The van der Waals surface area contributed by atoms with E-state index in [-0.39, 0.29) is 11.9 Å². The molecule has 0 amide bonds. The SMILES string of the molecule is COC(=O)C(C)CSCc1sccc1Br. The van der Waals surface area contributed by atoms with Crippen LogP contribution >= 0.6 is 39.0 Å². The molecule has 2 nitrogen and oxygen atoms in total. The van der Waals surface area contributed by atoms with Crippen molar-refractivity contribution in [3.05, 3.63) is 20.8 Å². The highest BCUT2D eigenvalue weighted by molar-refractivity contribution is 9.10. The summed E-state index contributed by atoms with van der Waals surface area (Å²) in [4.78, 5) is 12.4. The Balaban J connectivity index is 2.28. The molecular formula is C10H13BrO2S2. The molecule has 1 aromatic rings. The van der Waals surface area contributed by atoms with Crippen molar-refractivity contribution in [3.8, 4) is 0 Å². The summed E-state index contributed by atoms with van der Waals surface area (Å²) in [6, 6.07) is 2.05. The zero-order chi connectivity index (χ0) is 11.3. The highest BCUT2D eigenvalue weighted by Gasteiger charge is 2.13. The minimum atomic E-state index is -0.132. The Kier molecular flexibility index (Phi) is 5.71. The molecule has 1 heterocycles. The lowest BCUT2D eigenvalue weighted by atomic mass is 10.2. The summed E-state index contributed by atoms with van der Waals surface area (Å²) in [5.41, 5.74) is 0. The highest BCUT2D eigenvalue weighted by Crippen LogP contribution is 2.27. The number of thioether (sulfide) groups is 1. The van der Waals surface area contributed by atoms with Crippen LogP contribution in [0.5, 0.6) is 0 Å². The van der Waals surface area contributed by atoms with Gasteiger partial charge in [-0.05, 0) is 27.4 Å². The normalized spacial score (nSPS) is 12.5. The largest absolute Gasteiger partial charge is 0.469 e. The number of methoxy groups -OCH3 is 1. The van der Waals surface area contributed by atoms with Crippen LogP contribution in [-0.2, 0) is 15.3 Å². The van der Waals surface area contributed by atoms with E-state index >= 15 is 0 Å². The first-order valence-electron chi connectivity index (χ1n) is 4.52. The van der Waals surface area contributed by atoms with E-state index in [9.17, 15) is 4.79 Å². The number of hydrogen-bond donors (Lipinski definition) is 0. The molecule has 0 saturated heterocycles. The molecule has 1 atom stereocenters. The van der Waals surface area contributed by atoms with Crippen molar-refractivity contribution in [2.45, 2.75) is 12.7 Å². The Labute approximate surface area is 107 Å². The molecule has 0 aliphatic rings. The van der Waals surface area contributed by atoms with Crippen molar-refractivity contribution in [1.29, 1.82) is 0 Å². The summed E-state index contributed by atoms with van der Waals surface area (Å²) in [5, 5.41) is 2.06. The molecule has 0 aromatic carbocycles. The molecule has 0 N–H and O–H groups in total. The average molecular weight is 309 g/mol. The van der Waals surface area contributed by atoms with E-state index in [1.807, 2.05) is 13.0 Å². The number of rotatable bonds is 5. The van der Waals surface area contributed by atoms with Crippen LogP contribution in [0.15, 0.2) is 15.9 Å². The second kappa shape index (κ2) is 6.55. The molecule has 0 spiro atoms. The number of hydrogen-bond acceptors (Lipinski definition) is 4. The lowest BCUT2D eigenvalue weighted by Gasteiger charge is -2.07. The van der Waals surface area contributed by atoms with Gasteiger partial charge < -0.3 is 4.74 Å². The molecule has 0 aliphatic carbocycles. The van der Waals surface area contributed by atoms with Crippen LogP contribution < -0.4 is 0 Å². The van der Waals surface area contributed by atoms with Gasteiger partial charge in [-0.2, -0.15) is 11.8 Å². The van der Waals surface area contributed by atoms with Crippen LogP contribution in [0.2, 0.25) is 0 Å². The Bertz CT molecular complexity index is 325. The van der Waals surface area contributed by atoms with Gasteiger partial charge in [-0.15, -0.1) is 11.3 Å². The molecule has 5 heteroatoms. The predicted octanol–water partition coefficient (Wildman–Crippen LogP) is 3.55. The maximum Gasteiger partial charge on any atom is 0.309 e. The second-order valence-electron chi connectivity index (χ2n) is 3.13. The third-order valence-corrected chi connectivity index (χ3v) is 5.23. The van der Waals surface area contributed by atoms with Crippen molar-refractivity contribution in [2.75, 3.05) is 12.9 Å². The van der Waals surface area contributed by atoms with E-state index in [2.05, 4.69) is 26.0 Å². The summed E-state index contributed by atoms with van der Waals surface area (Å²) in [6.45, 7) is 1.89. The molecule has 0 aliphatic heterocycles. The summed E-state index contributed by atoms with van der Waals surface area (Å²) >= 11 is 6.97. The van der Waals surface area contributed by atoms with Crippen LogP contribution in [0.25, 0.3) is 0 Å². The number of carbonyl (C=O) groups excluding carboxylic acids is 1. The van der Waals surface area contributed by atoms with Gasteiger partial charge in [0.25, 0.3) is 0 Å². The van der Waals surface area contributed by atoms with Gasteiger partial charge in [0.1, 0.15) is 0 Å². The summed E-state index contributed by atoms with van der Waals surface area (Å²) in [6.07, 6.45) is 0. The van der Waals surface area contributed by atoms with E-state index in [0.717, 1.165) is 16.0 Å². The summed E-state index contributed by atoms with van der Waals surface area (Å²) < 4.78 is 5.82. The van der Waals surface area contributed by atoms with Gasteiger partial charge in [-0.25, -0.2) is 0 Å². The van der Waals surface area contributed by atoms with Crippen LogP contribution in [0, 0.1) is 5.92 Å². The van der Waals surface area contributed by atoms with Crippen LogP contribution in [0.1, 0.15) is 11.8 Å². The predicted molar refractivity (Wildman–Crippen MR) is 69.4 cm³/mol. The lowest BCUT2D eigenvalue weighted by molar-refractivity contribution is -0.143. The fourth-order valence-corrected chi connectivity index (χ4v) is 3.96. The summed E-state index contributed by atoms with van der Waals surface area (Å²) in [7, 11) is 1.43. The molecule has 0 bridgehead atoms. The first-order valence-corrected chi connectivity index (χ1v) is 7.35. The van der Waals surface area contributed by atoms with E-state index in [4.69, 9.17) is 0 Å². The average Bonchev–Trinajstić information content (AvgIpc) is 2.63. The fourth-order valence-electron chi connectivity index (χ4n) is 1.03. The Morgan fingerprint density at radius 2 is 2.47 bits per heavy atom. The Morgan fingerprint density at radius 1 is 1.73 bits per heavy atom. The number of carbonyl (C=O) groups is 1. The standard InChI is InChI=1S/C10H13BrO2S2/c1-7(10(12)13-2)5-14-6-9-8(11)3-4-15-9/h3-4,7H,5-6H2,1-2H3. The van der Waals surface area contributed by atoms with Crippen LogP contribution in [0.4, 0.5) is 0 Å². The first-order chi connectivity index (χ1) is 7.15. The topological polar surface area (TPSA) is 26.3 Å². The van der Waals surface area contributed by atoms with Crippen molar-refractivity contribution in [1.82, 2.24) is 0 Å². The molecule has 15 heavy (non-hydrogen) atoms. The van der Waals surface area contributed by atoms with Crippen molar-refractivity contribution < 1.29 is 9.53 Å². The minimum absolute atomic E-state index is 0.0289. The van der Waals surface area contributed by atoms with Crippen molar-refractivity contribution in [3.63, 3.8) is 0 Å². The molecule has 0 fully saturated rings. The van der Waals surface area contributed by atoms with Crippen molar-refractivity contribution in [2.24, 2.45) is 5.92 Å². The first kappa shape index (κ1) is 13.1. The van der Waals surface area contributed by atoms with Gasteiger partial charge in [0.05, 0.1) is 13.0 Å². The molecule has 0 saturated carbocycles. The molecule has 1 aromatic heterocycles. The van der Waals surface area contributed by atoms with E-state index in [1.54, 1.807) is 23.1 Å². The third kappa shape index (κ3) is 4.17. The number of thiophene rings is 1. The Hall–Kier alpha value is -0.000000000000000111. The minimum Gasteiger partial charge on any atom is -0.469 e. The molecule has 0 radical (unpaired) electrons. The zero-order valence-electron chi connectivity index (χ0n) is 8.66. The monoisotopic (exact) mass is 308 g/mol. The van der Waals surface area contributed by atoms with Gasteiger partial charge in [0, 0.05) is 20.9 Å². The van der Waals surface area contributed by atoms with Gasteiger partial charge in [0.2, 0.25) is 0 Å². The van der Waals surface area contributed by atoms with Crippen LogP contribution in [0.3, 0.4) is 0 Å². The van der Waals surface area contributed by atoms with Gasteiger partial charge in [-0.3, -0.25) is 4.79 Å². The van der Waals surface area contributed by atoms with Gasteiger partial charge in [-0.1, -0.05) is 6.92 Å². The number of esters is 1. The van der Waals surface area contributed by atoms with Crippen LogP contribution in [-0.4, -0.2) is 18.8 Å². The maximum absolute atomic E-state index is 11.1. The molecule has 84 valence electrons. The number of halogens is 1. The third-order valence-electron chi connectivity index (χ3n) is 1.90. The summed E-state index contributed by atoms with van der Waals surface area (Å²) in [5.74, 6) is 1.59. The fraction of sp³-hybridized carbons (Fsp3) is 0.500. The Morgan fingerprint density at radius 3 is 3.00 bits per heavy atom. The number of ether oxygens (including phenoxy) is 1. The molecule has 1 rings (SSSR count). The smallest absolute Gasteiger partial charge is 0.309 e. The van der Waals surface area contributed by atoms with Gasteiger partial charge >= 0.3 is 5.97 Å². The van der Waals surface area contributed by atoms with E-state index in [1.165, 1.54) is 12.0 Å².